The zero-order valence-electron chi connectivity index (χ0n) is 16.8. The van der Waals surface area contributed by atoms with Gasteiger partial charge >= 0.3 is 5.97 Å². The average molecular weight is 444 g/mol. The van der Waals surface area contributed by atoms with E-state index in [0.29, 0.717) is 24.3 Å². The van der Waals surface area contributed by atoms with Crippen LogP contribution in [-0.2, 0) is 10.0 Å². The van der Waals surface area contributed by atoms with Gasteiger partial charge in [0.25, 0.3) is 10.0 Å². The lowest BCUT2D eigenvalue weighted by Gasteiger charge is -2.31. The van der Waals surface area contributed by atoms with Gasteiger partial charge in [-0.05, 0) is 61.8 Å². The zero-order chi connectivity index (χ0) is 22.2. The van der Waals surface area contributed by atoms with Crippen molar-refractivity contribution in [2.45, 2.75) is 42.9 Å². The third-order valence-electron chi connectivity index (χ3n) is 5.71. The maximum Gasteiger partial charge on any atom is 0.335 e. The summed E-state index contributed by atoms with van der Waals surface area (Å²) in [5.74, 6) is -1.86. The lowest BCUT2D eigenvalue weighted by atomic mass is 10.1. The fraction of sp³-hybridized carbons (Fsp3) is 0.364. The van der Waals surface area contributed by atoms with Crippen LogP contribution < -0.4 is 9.62 Å². The van der Waals surface area contributed by atoms with Crippen LogP contribution in [0.5, 0.6) is 0 Å². The summed E-state index contributed by atoms with van der Waals surface area (Å²) in [5, 5.41) is 18.6. The molecule has 2 N–H and O–H groups in total. The smallest absolute Gasteiger partial charge is 0.335 e. The predicted molar refractivity (Wildman–Crippen MR) is 113 cm³/mol. The summed E-state index contributed by atoms with van der Waals surface area (Å²) in [6.45, 7) is 1.31. The highest BCUT2D eigenvalue weighted by molar-refractivity contribution is 7.92. The van der Waals surface area contributed by atoms with Crippen molar-refractivity contribution in [3.05, 3.63) is 52.8 Å². The molecule has 2 fully saturated rings. The number of benzene rings is 2. The van der Waals surface area contributed by atoms with E-state index in [-0.39, 0.29) is 27.6 Å². The number of carbonyl (C=O) groups is 1. The van der Waals surface area contributed by atoms with Crippen LogP contribution in [0.4, 0.5) is 15.8 Å². The van der Waals surface area contributed by atoms with E-state index in [2.05, 4.69) is 4.72 Å². The summed E-state index contributed by atoms with van der Waals surface area (Å²) in [6, 6.07) is 8.25. The Morgan fingerprint density at radius 1 is 1.16 bits per heavy atom. The third-order valence-corrected chi connectivity index (χ3v) is 7.14. The van der Waals surface area contributed by atoms with E-state index in [4.69, 9.17) is 0 Å². The summed E-state index contributed by atoms with van der Waals surface area (Å²) in [5.41, 5.74) is 0.669. The van der Waals surface area contributed by atoms with Crippen molar-refractivity contribution < 1.29 is 22.7 Å². The second-order valence-electron chi connectivity index (χ2n) is 7.95. The van der Waals surface area contributed by atoms with E-state index in [1.165, 1.54) is 18.2 Å². The van der Waals surface area contributed by atoms with Crippen LogP contribution in [0.2, 0.25) is 0 Å². The number of carboxylic acid groups (broad SMARTS) is 1. The molecule has 1 aliphatic heterocycles. The molecule has 1 heterocycles. The van der Waals surface area contributed by atoms with Gasteiger partial charge in [0.1, 0.15) is 11.9 Å². The molecule has 4 rings (SSSR count). The minimum atomic E-state index is -4.18. The monoisotopic (exact) mass is 443 g/mol. The van der Waals surface area contributed by atoms with Crippen LogP contribution in [0.3, 0.4) is 0 Å². The number of carboxylic acids is 1. The second kappa shape index (κ2) is 8.19. The summed E-state index contributed by atoms with van der Waals surface area (Å²) < 4.78 is 43.6. The number of hydrogen-bond acceptors (Lipinski definition) is 5. The summed E-state index contributed by atoms with van der Waals surface area (Å²) in [6.07, 6.45) is 4.52. The van der Waals surface area contributed by atoms with Gasteiger partial charge in [0.2, 0.25) is 0 Å². The molecule has 0 atom stereocenters. The molecule has 9 heteroatoms. The van der Waals surface area contributed by atoms with Gasteiger partial charge in [0.15, 0.2) is 0 Å². The first-order valence-corrected chi connectivity index (χ1v) is 11.7. The Morgan fingerprint density at radius 2 is 1.87 bits per heavy atom. The Morgan fingerprint density at radius 3 is 2.48 bits per heavy atom. The molecule has 2 aromatic carbocycles. The minimum Gasteiger partial charge on any atom is -0.478 e. The number of sulfonamides is 1. The number of rotatable bonds is 6. The number of halogens is 1. The van der Waals surface area contributed by atoms with Gasteiger partial charge < -0.3 is 10.0 Å². The SMILES string of the molecule is N#Cc1cc(NS(=O)(=O)c2cc(C(=O)O)ccc2C2CC2)c(N2CCCCC2)cc1F. The lowest BCUT2D eigenvalue weighted by Crippen LogP contribution is -2.30. The van der Waals surface area contributed by atoms with Gasteiger partial charge in [-0.25, -0.2) is 17.6 Å². The Bertz CT molecular complexity index is 1180. The van der Waals surface area contributed by atoms with E-state index in [1.807, 2.05) is 4.90 Å². The van der Waals surface area contributed by atoms with Crippen LogP contribution >= 0.6 is 0 Å². The fourth-order valence-corrected chi connectivity index (χ4v) is 5.35. The first kappa shape index (κ1) is 21.1. The van der Waals surface area contributed by atoms with Crippen molar-refractivity contribution in [1.29, 1.82) is 5.26 Å². The lowest BCUT2D eigenvalue weighted by molar-refractivity contribution is 0.0696. The Balaban J connectivity index is 1.79. The number of aromatic carboxylic acids is 1. The van der Waals surface area contributed by atoms with E-state index in [1.54, 1.807) is 12.1 Å². The number of nitriles is 1. The molecular weight excluding hydrogens is 421 g/mol. The van der Waals surface area contributed by atoms with Gasteiger partial charge in [-0.2, -0.15) is 5.26 Å². The maximum atomic E-state index is 14.4. The summed E-state index contributed by atoms with van der Waals surface area (Å²) >= 11 is 0. The van der Waals surface area contributed by atoms with Crippen LogP contribution in [-0.4, -0.2) is 32.6 Å². The molecule has 0 bridgehead atoms. The zero-order valence-corrected chi connectivity index (χ0v) is 17.6. The second-order valence-corrected chi connectivity index (χ2v) is 9.60. The Kier molecular flexibility index (Phi) is 5.58. The van der Waals surface area contributed by atoms with Gasteiger partial charge in [0, 0.05) is 19.2 Å². The highest BCUT2D eigenvalue weighted by atomic mass is 32.2. The van der Waals surface area contributed by atoms with Crippen molar-refractivity contribution in [3.8, 4) is 6.07 Å². The number of anilines is 2. The van der Waals surface area contributed by atoms with E-state index < -0.39 is 21.8 Å². The minimum absolute atomic E-state index is 0.0684. The Hall–Kier alpha value is -3.12. The molecule has 0 spiro atoms. The largest absolute Gasteiger partial charge is 0.478 e. The molecular formula is C22H22FN3O4S. The number of nitrogens with zero attached hydrogens (tertiary/aromatic N) is 2. The first-order chi connectivity index (χ1) is 14.8. The van der Waals surface area contributed by atoms with E-state index in [9.17, 15) is 28.0 Å². The maximum absolute atomic E-state index is 14.4. The van der Waals surface area contributed by atoms with Gasteiger partial charge in [0.05, 0.1) is 27.4 Å². The predicted octanol–water partition coefficient (Wildman–Crippen LogP) is 4.06. The molecule has 162 valence electrons. The van der Waals surface area contributed by atoms with Crippen molar-refractivity contribution in [2.24, 2.45) is 0 Å². The summed E-state index contributed by atoms with van der Waals surface area (Å²) in [7, 11) is -4.18. The Labute approximate surface area is 180 Å². The van der Waals surface area contributed by atoms with Crippen LogP contribution in [0.1, 0.15) is 59.5 Å². The van der Waals surface area contributed by atoms with Crippen molar-refractivity contribution in [2.75, 3.05) is 22.7 Å². The molecule has 0 aromatic heterocycles. The van der Waals surface area contributed by atoms with E-state index >= 15 is 0 Å². The van der Waals surface area contributed by atoms with Gasteiger partial charge in [-0.3, -0.25) is 4.72 Å². The normalized spacial score (nSPS) is 16.6. The molecule has 31 heavy (non-hydrogen) atoms. The quantitative estimate of drug-likeness (QED) is 0.697. The molecule has 7 nitrogen and oxygen atoms in total. The first-order valence-electron chi connectivity index (χ1n) is 10.2. The topological polar surface area (TPSA) is 110 Å². The molecule has 0 radical (unpaired) electrons. The van der Waals surface area contributed by atoms with E-state index in [0.717, 1.165) is 38.2 Å². The molecule has 2 aromatic rings. The molecule has 0 amide bonds. The van der Waals surface area contributed by atoms with Crippen molar-refractivity contribution in [3.63, 3.8) is 0 Å². The highest BCUT2D eigenvalue weighted by Gasteiger charge is 2.32. The molecule has 1 saturated carbocycles. The number of piperidine rings is 1. The molecule has 1 aliphatic carbocycles. The average Bonchev–Trinajstić information content (AvgIpc) is 3.60. The van der Waals surface area contributed by atoms with Gasteiger partial charge in [-0.15, -0.1) is 0 Å². The summed E-state index contributed by atoms with van der Waals surface area (Å²) in [4.78, 5) is 13.2. The van der Waals surface area contributed by atoms with Crippen LogP contribution in [0.15, 0.2) is 35.2 Å². The van der Waals surface area contributed by atoms with Gasteiger partial charge in [-0.1, -0.05) is 6.07 Å². The number of nitrogens with one attached hydrogen (secondary N) is 1. The molecule has 0 unspecified atom stereocenters. The molecule has 2 aliphatic rings. The third kappa shape index (κ3) is 4.35. The number of hydrogen-bond donors (Lipinski definition) is 2. The van der Waals surface area contributed by atoms with Crippen LogP contribution in [0, 0.1) is 17.1 Å². The van der Waals surface area contributed by atoms with Crippen molar-refractivity contribution in [1.82, 2.24) is 0 Å². The molecule has 1 saturated heterocycles. The standard InChI is InChI=1S/C22H22FN3O4S/c23-18-12-20(26-8-2-1-3-9-26)19(10-16(18)13-24)25-31(29,30)21-11-15(22(27)28)6-7-17(21)14-4-5-14/h6-7,10-12,14,25H,1-5,8-9H2,(H,27,28). The van der Waals surface area contributed by atoms with Crippen LogP contribution in [0.25, 0.3) is 0 Å². The van der Waals surface area contributed by atoms with Crippen molar-refractivity contribution >= 4 is 27.4 Å². The fourth-order valence-electron chi connectivity index (χ4n) is 3.96. The highest BCUT2D eigenvalue weighted by Crippen LogP contribution is 2.43.